The monoisotopic (exact) mass is 412 g/mol. The number of halogens is 1. The highest BCUT2D eigenvalue weighted by molar-refractivity contribution is 6.31. The maximum Gasteiger partial charge on any atom is 0.235 e. The second kappa shape index (κ2) is 9.30. The molecule has 3 rings (SSSR count). The standard InChI is InChI=1S/C23H25ClN2O3/c1-3-16(2)29-18-8-9-21(17(14-18)15-25)26-22(27)23(10-12-28-13-11-23)19-6-4-5-7-20(19)24/h4-9,14,16H,3,10-13H2,1-2H3,(H,26,27)/t16-/m0/s1. The number of benzene rings is 2. The van der Waals surface area contributed by atoms with Gasteiger partial charge in [0.25, 0.3) is 0 Å². The molecule has 1 saturated heterocycles. The Labute approximate surface area is 176 Å². The van der Waals surface area contributed by atoms with E-state index in [1.807, 2.05) is 32.0 Å². The first-order chi connectivity index (χ1) is 14.0. The van der Waals surface area contributed by atoms with Crippen molar-refractivity contribution in [2.75, 3.05) is 18.5 Å². The zero-order valence-electron chi connectivity index (χ0n) is 16.7. The predicted octanol–water partition coefficient (Wildman–Crippen LogP) is 5.08. The molecule has 0 spiro atoms. The molecule has 0 bridgehead atoms. The largest absolute Gasteiger partial charge is 0.491 e. The number of carbonyl (C=O) groups is 1. The second-order valence-electron chi connectivity index (χ2n) is 7.28. The van der Waals surface area contributed by atoms with Gasteiger partial charge >= 0.3 is 0 Å². The molecule has 0 unspecified atom stereocenters. The number of hydrogen-bond acceptors (Lipinski definition) is 4. The summed E-state index contributed by atoms with van der Waals surface area (Å²) in [6, 6.07) is 14.7. The summed E-state index contributed by atoms with van der Waals surface area (Å²) in [6.45, 7) is 4.96. The van der Waals surface area contributed by atoms with E-state index in [4.69, 9.17) is 21.1 Å². The first kappa shape index (κ1) is 21.2. The molecule has 5 nitrogen and oxygen atoms in total. The molecule has 1 fully saturated rings. The van der Waals surface area contributed by atoms with Crippen molar-refractivity contribution in [2.24, 2.45) is 0 Å². The number of amides is 1. The van der Waals surface area contributed by atoms with Gasteiger partial charge in [-0.1, -0.05) is 36.7 Å². The molecule has 2 aromatic rings. The van der Waals surface area contributed by atoms with Gasteiger partial charge in [0.1, 0.15) is 11.8 Å². The third-order valence-electron chi connectivity index (χ3n) is 5.44. The highest BCUT2D eigenvalue weighted by atomic mass is 35.5. The molecule has 6 heteroatoms. The predicted molar refractivity (Wildman–Crippen MR) is 113 cm³/mol. The maximum atomic E-state index is 13.5. The fraction of sp³-hybridized carbons (Fsp3) is 0.391. The molecule has 0 aliphatic carbocycles. The Bertz CT molecular complexity index is 917. The molecule has 152 valence electrons. The van der Waals surface area contributed by atoms with Crippen molar-refractivity contribution < 1.29 is 14.3 Å². The van der Waals surface area contributed by atoms with E-state index in [0.717, 1.165) is 12.0 Å². The number of carbonyl (C=O) groups excluding carboxylic acids is 1. The average Bonchev–Trinajstić information content (AvgIpc) is 2.75. The van der Waals surface area contributed by atoms with Crippen molar-refractivity contribution in [3.63, 3.8) is 0 Å². The van der Waals surface area contributed by atoms with Crippen LogP contribution in [0, 0.1) is 11.3 Å². The van der Waals surface area contributed by atoms with Crippen molar-refractivity contribution in [1.29, 1.82) is 5.26 Å². The first-order valence-electron chi connectivity index (χ1n) is 9.85. The lowest BCUT2D eigenvalue weighted by molar-refractivity contribution is -0.125. The van der Waals surface area contributed by atoms with Gasteiger partial charge in [-0.3, -0.25) is 4.79 Å². The minimum absolute atomic E-state index is 0.0488. The van der Waals surface area contributed by atoms with Crippen LogP contribution in [0.1, 0.15) is 44.2 Å². The zero-order valence-corrected chi connectivity index (χ0v) is 17.5. The molecule has 2 aromatic carbocycles. The van der Waals surface area contributed by atoms with E-state index in [-0.39, 0.29) is 12.0 Å². The molecule has 1 aliphatic rings. The third kappa shape index (κ3) is 4.55. The lowest BCUT2D eigenvalue weighted by atomic mass is 9.73. The van der Waals surface area contributed by atoms with Crippen LogP contribution in [-0.2, 0) is 14.9 Å². The number of rotatable bonds is 6. The first-order valence-corrected chi connectivity index (χ1v) is 10.2. The summed E-state index contributed by atoms with van der Waals surface area (Å²) < 4.78 is 11.3. The fourth-order valence-corrected chi connectivity index (χ4v) is 3.86. The molecule has 1 aliphatic heterocycles. The minimum atomic E-state index is -0.796. The number of nitrogens with zero attached hydrogens (tertiary/aromatic N) is 1. The van der Waals surface area contributed by atoms with Crippen LogP contribution in [0.2, 0.25) is 5.02 Å². The smallest absolute Gasteiger partial charge is 0.235 e. The summed E-state index contributed by atoms with van der Waals surface area (Å²) >= 11 is 6.45. The van der Waals surface area contributed by atoms with E-state index < -0.39 is 5.41 Å². The highest BCUT2D eigenvalue weighted by Crippen LogP contribution is 2.40. The van der Waals surface area contributed by atoms with E-state index in [0.29, 0.717) is 48.1 Å². The van der Waals surface area contributed by atoms with Crippen molar-refractivity contribution in [2.45, 2.75) is 44.6 Å². The highest BCUT2D eigenvalue weighted by Gasteiger charge is 2.43. The summed E-state index contributed by atoms with van der Waals surface area (Å²) in [5, 5.41) is 13.1. The molecule has 29 heavy (non-hydrogen) atoms. The number of hydrogen-bond donors (Lipinski definition) is 1. The Hall–Kier alpha value is -2.55. The Kier molecular flexibility index (Phi) is 6.79. The third-order valence-corrected chi connectivity index (χ3v) is 5.77. The van der Waals surface area contributed by atoms with Crippen molar-refractivity contribution in [3.8, 4) is 11.8 Å². The summed E-state index contributed by atoms with van der Waals surface area (Å²) in [5.41, 5.74) is 0.819. The van der Waals surface area contributed by atoms with Gasteiger partial charge in [0.2, 0.25) is 5.91 Å². The van der Waals surface area contributed by atoms with Gasteiger partial charge in [0.15, 0.2) is 0 Å². The Morgan fingerprint density at radius 1 is 1.31 bits per heavy atom. The van der Waals surface area contributed by atoms with Crippen molar-refractivity contribution >= 4 is 23.2 Å². The molecule has 1 atom stereocenters. The molecular formula is C23H25ClN2O3. The Morgan fingerprint density at radius 3 is 2.69 bits per heavy atom. The quantitative estimate of drug-likeness (QED) is 0.718. The van der Waals surface area contributed by atoms with Crippen molar-refractivity contribution in [1.82, 2.24) is 0 Å². The lowest BCUT2D eigenvalue weighted by Crippen LogP contribution is -2.45. The summed E-state index contributed by atoms with van der Waals surface area (Å²) in [6.07, 6.45) is 1.97. The number of anilines is 1. The van der Waals surface area contributed by atoms with E-state index in [1.54, 1.807) is 24.3 Å². The molecule has 1 heterocycles. The topological polar surface area (TPSA) is 71.3 Å². The summed E-state index contributed by atoms with van der Waals surface area (Å²) in [7, 11) is 0. The van der Waals surface area contributed by atoms with E-state index in [9.17, 15) is 10.1 Å². The molecule has 0 radical (unpaired) electrons. The molecule has 1 amide bonds. The average molecular weight is 413 g/mol. The maximum absolute atomic E-state index is 13.5. The molecule has 0 aromatic heterocycles. The van der Waals surface area contributed by atoms with Crippen LogP contribution in [0.15, 0.2) is 42.5 Å². The normalized spacial score (nSPS) is 16.5. The van der Waals surface area contributed by atoms with Gasteiger partial charge < -0.3 is 14.8 Å². The van der Waals surface area contributed by atoms with Crippen molar-refractivity contribution in [3.05, 3.63) is 58.6 Å². The van der Waals surface area contributed by atoms with Crippen LogP contribution in [0.4, 0.5) is 5.69 Å². The fourth-order valence-electron chi connectivity index (χ4n) is 3.54. The van der Waals surface area contributed by atoms with E-state index >= 15 is 0 Å². The van der Waals surface area contributed by atoms with Crippen LogP contribution in [-0.4, -0.2) is 25.2 Å². The molecule has 1 N–H and O–H groups in total. The lowest BCUT2D eigenvalue weighted by Gasteiger charge is -2.36. The van der Waals surface area contributed by atoms with Crippen LogP contribution >= 0.6 is 11.6 Å². The number of nitrogens with one attached hydrogen (secondary N) is 1. The van der Waals surface area contributed by atoms with Crippen LogP contribution in [0.3, 0.4) is 0 Å². The van der Waals surface area contributed by atoms with E-state index in [2.05, 4.69) is 11.4 Å². The number of ether oxygens (including phenoxy) is 2. The molecule has 0 saturated carbocycles. The van der Waals surface area contributed by atoms with Crippen LogP contribution < -0.4 is 10.1 Å². The van der Waals surface area contributed by atoms with E-state index in [1.165, 1.54) is 0 Å². The zero-order chi connectivity index (χ0) is 20.9. The summed E-state index contributed by atoms with van der Waals surface area (Å²) in [4.78, 5) is 13.5. The van der Waals surface area contributed by atoms with Gasteiger partial charge in [0, 0.05) is 24.3 Å². The van der Waals surface area contributed by atoms with Gasteiger partial charge in [-0.2, -0.15) is 5.26 Å². The number of nitriles is 1. The van der Waals surface area contributed by atoms with Gasteiger partial charge in [-0.15, -0.1) is 0 Å². The second-order valence-corrected chi connectivity index (χ2v) is 7.69. The summed E-state index contributed by atoms with van der Waals surface area (Å²) in [5.74, 6) is 0.432. The Morgan fingerprint density at radius 2 is 2.03 bits per heavy atom. The van der Waals surface area contributed by atoms with Crippen LogP contribution in [0.25, 0.3) is 0 Å². The van der Waals surface area contributed by atoms with Gasteiger partial charge in [-0.05, 0) is 49.9 Å². The minimum Gasteiger partial charge on any atom is -0.491 e. The van der Waals surface area contributed by atoms with Gasteiger partial charge in [0.05, 0.1) is 22.8 Å². The SMILES string of the molecule is CC[C@H](C)Oc1ccc(NC(=O)C2(c3ccccc3Cl)CCOCC2)c(C#N)c1. The Balaban J connectivity index is 1.91. The van der Waals surface area contributed by atoms with Gasteiger partial charge in [-0.25, -0.2) is 0 Å². The van der Waals surface area contributed by atoms with Crippen LogP contribution in [0.5, 0.6) is 5.75 Å². The molecular weight excluding hydrogens is 388 g/mol.